The molecule has 0 unspecified atom stereocenters. The summed E-state index contributed by atoms with van der Waals surface area (Å²) < 4.78 is 10.8. The third-order valence-corrected chi connectivity index (χ3v) is 7.04. The first-order valence-corrected chi connectivity index (χ1v) is 11.3. The maximum absolute atomic E-state index is 13.8. The molecule has 2 aliphatic rings. The lowest BCUT2D eigenvalue weighted by Gasteiger charge is -2.44. The van der Waals surface area contributed by atoms with Gasteiger partial charge in [-0.3, -0.25) is 4.79 Å². The van der Waals surface area contributed by atoms with Crippen molar-refractivity contribution in [3.63, 3.8) is 0 Å². The van der Waals surface area contributed by atoms with Crippen LogP contribution in [0.1, 0.15) is 38.7 Å². The number of benzene rings is 2. The number of methoxy groups -OCH3 is 2. The first-order valence-electron chi connectivity index (χ1n) is 11.3. The van der Waals surface area contributed by atoms with Crippen molar-refractivity contribution < 1.29 is 24.2 Å². The van der Waals surface area contributed by atoms with Gasteiger partial charge in [0.1, 0.15) is 11.5 Å². The lowest BCUT2D eigenvalue weighted by Crippen LogP contribution is -2.64. The summed E-state index contributed by atoms with van der Waals surface area (Å²) >= 11 is 0. The summed E-state index contributed by atoms with van der Waals surface area (Å²) in [6.07, 6.45) is 2.94. The summed E-state index contributed by atoms with van der Waals surface area (Å²) in [5.74, 6) is 0.871. The molecule has 0 radical (unpaired) electrons. The maximum atomic E-state index is 13.8. The molecule has 2 aromatic rings. The van der Waals surface area contributed by atoms with E-state index in [1.807, 2.05) is 0 Å². The fourth-order valence-corrected chi connectivity index (χ4v) is 4.87. The number of hydrogen-bond acceptors (Lipinski definition) is 5. The van der Waals surface area contributed by atoms with Crippen LogP contribution in [0.2, 0.25) is 0 Å². The van der Waals surface area contributed by atoms with Gasteiger partial charge < -0.3 is 25.2 Å². The predicted molar refractivity (Wildman–Crippen MR) is 125 cm³/mol. The molecule has 4 atom stereocenters. The summed E-state index contributed by atoms with van der Waals surface area (Å²) in [6, 6.07) is 10.9. The van der Waals surface area contributed by atoms with E-state index in [9.17, 15) is 14.7 Å². The summed E-state index contributed by atoms with van der Waals surface area (Å²) in [4.78, 5) is 28.2. The molecule has 0 aromatic heterocycles. The van der Waals surface area contributed by atoms with Gasteiger partial charge in [-0.1, -0.05) is 44.9 Å². The molecule has 2 aromatic carbocycles. The first-order chi connectivity index (χ1) is 15.8. The van der Waals surface area contributed by atoms with E-state index in [2.05, 4.69) is 24.5 Å². The zero-order valence-electron chi connectivity index (χ0n) is 19.4. The quantitative estimate of drug-likeness (QED) is 0.639. The van der Waals surface area contributed by atoms with Crippen LogP contribution in [0.25, 0.3) is 0 Å². The van der Waals surface area contributed by atoms with E-state index >= 15 is 0 Å². The van der Waals surface area contributed by atoms with Gasteiger partial charge in [0.25, 0.3) is 11.6 Å². The molecular weight excluding hydrogens is 422 g/mol. The van der Waals surface area contributed by atoms with Gasteiger partial charge in [0.2, 0.25) is 0 Å². The molecule has 1 aliphatic heterocycles. The van der Waals surface area contributed by atoms with Crippen LogP contribution in [0.3, 0.4) is 0 Å². The van der Waals surface area contributed by atoms with E-state index in [1.165, 1.54) is 14.2 Å². The second-order valence-corrected chi connectivity index (χ2v) is 8.87. The molecule has 8 nitrogen and oxygen atoms in total. The molecule has 176 valence electrons. The third kappa shape index (κ3) is 3.88. The summed E-state index contributed by atoms with van der Waals surface area (Å²) in [6.45, 7) is 4.29. The van der Waals surface area contributed by atoms with Gasteiger partial charge >= 0.3 is 6.03 Å². The van der Waals surface area contributed by atoms with Crippen molar-refractivity contribution in [1.29, 1.82) is 0 Å². The fraction of sp³-hybridized carbons (Fsp3) is 0.440. The SMILES string of the molecule is COc1ccc(N2C(=O)Nc3ccccc3[C@]2(O)C(=O)N[C@@H]2CCC[C@H](C)[C@@H]2C)c(OC)c1. The highest BCUT2D eigenvalue weighted by Gasteiger charge is 2.53. The molecule has 0 spiro atoms. The molecule has 0 bridgehead atoms. The molecule has 3 amide bonds. The van der Waals surface area contributed by atoms with Gasteiger partial charge in [-0.05, 0) is 36.5 Å². The Morgan fingerprint density at radius 3 is 2.64 bits per heavy atom. The number of rotatable bonds is 5. The Hall–Kier alpha value is -3.26. The second-order valence-electron chi connectivity index (χ2n) is 8.87. The molecule has 4 rings (SSSR count). The molecule has 3 N–H and O–H groups in total. The minimum atomic E-state index is -2.28. The number of para-hydroxylation sites is 1. The van der Waals surface area contributed by atoms with E-state index in [4.69, 9.17) is 9.47 Å². The highest BCUT2D eigenvalue weighted by molar-refractivity contribution is 6.12. The number of nitrogens with zero attached hydrogens (tertiary/aromatic N) is 1. The standard InChI is InChI=1S/C25H31N3O5/c1-15-8-7-11-19(16(15)2)26-23(29)25(31)18-9-5-6-10-20(18)27-24(30)28(25)21-13-12-17(32-3)14-22(21)33-4/h5-6,9-10,12-16,19,31H,7-8,11H2,1-4H3,(H,26,29)(H,27,30)/t15-,16-,19+,25-/m0/s1. The van der Waals surface area contributed by atoms with E-state index in [0.717, 1.165) is 24.2 Å². The zero-order chi connectivity index (χ0) is 23.8. The number of ether oxygens (including phenoxy) is 2. The largest absolute Gasteiger partial charge is 0.497 e. The number of fused-ring (bicyclic) bond motifs is 1. The average Bonchev–Trinajstić information content (AvgIpc) is 2.82. The van der Waals surface area contributed by atoms with E-state index in [0.29, 0.717) is 17.4 Å². The third-order valence-electron chi connectivity index (χ3n) is 7.04. The molecule has 1 heterocycles. The van der Waals surface area contributed by atoms with Gasteiger partial charge in [0.05, 0.1) is 25.6 Å². The van der Waals surface area contributed by atoms with Crippen LogP contribution in [0, 0.1) is 11.8 Å². The van der Waals surface area contributed by atoms with Crippen molar-refractivity contribution in [3.05, 3.63) is 48.0 Å². The Bertz CT molecular complexity index is 1060. The molecule has 1 aliphatic carbocycles. The Morgan fingerprint density at radius 1 is 1.15 bits per heavy atom. The van der Waals surface area contributed by atoms with Gasteiger partial charge in [0, 0.05) is 17.7 Å². The van der Waals surface area contributed by atoms with Gasteiger partial charge in [-0.15, -0.1) is 0 Å². The van der Waals surface area contributed by atoms with Crippen LogP contribution in [0.15, 0.2) is 42.5 Å². The topological polar surface area (TPSA) is 100 Å². The lowest BCUT2D eigenvalue weighted by molar-refractivity contribution is -0.141. The number of aliphatic hydroxyl groups is 1. The van der Waals surface area contributed by atoms with Crippen molar-refractivity contribution in [2.75, 3.05) is 24.4 Å². The summed E-state index contributed by atoms with van der Waals surface area (Å²) in [5, 5.41) is 17.9. The van der Waals surface area contributed by atoms with Gasteiger partial charge in [-0.25, -0.2) is 9.69 Å². The van der Waals surface area contributed by atoms with Crippen molar-refractivity contribution in [3.8, 4) is 11.5 Å². The van der Waals surface area contributed by atoms with E-state index in [1.54, 1.807) is 42.5 Å². The second kappa shape index (κ2) is 8.94. The normalized spacial score (nSPS) is 26.8. The van der Waals surface area contributed by atoms with Crippen LogP contribution in [-0.4, -0.2) is 37.3 Å². The minimum absolute atomic E-state index is 0.0953. The molecule has 8 heteroatoms. The van der Waals surface area contributed by atoms with Crippen LogP contribution in [-0.2, 0) is 10.5 Å². The predicted octanol–water partition coefficient (Wildman–Crippen LogP) is 3.84. The Labute approximate surface area is 193 Å². The summed E-state index contributed by atoms with van der Waals surface area (Å²) in [7, 11) is 2.98. The van der Waals surface area contributed by atoms with Crippen molar-refractivity contribution in [2.45, 2.75) is 44.9 Å². The number of amides is 3. The molecule has 0 saturated heterocycles. The van der Waals surface area contributed by atoms with Gasteiger partial charge in [-0.2, -0.15) is 0 Å². The monoisotopic (exact) mass is 453 g/mol. The first kappa shape index (κ1) is 22.9. The molecular formula is C25H31N3O5. The van der Waals surface area contributed by atoms with E-state index in [-0.39, 0.29) is 29.0 Å². The van der Waals surface area contributed by atoms with Crippen molar-refractivity contribution in [2.24, 2.45) is 11.8 Å². The number of carbonyl (C=O) groups is 2. The number of hydrogen-bond donors (Lipinski definition) is 3. The van der Waals surface area contributed by atoms with Crippen molar-refractivity contribution >= 4 is 23.3 Å². The van der Waals surface area contributed by atoms with Gasteiger partial charge in [0.15, 0.2) is 0 Å². The average molecular weight is 454 g/mol. The smallest absolute Gasteiger partial charge is 0.329 e. The van der Waals surface area contributed by atoms with E-state index < -0.39 is 17.7 Å². The summed E-state index contributed by atoms with van der Waals surface area (Å²) in [5.41, 5.74) is -1.36. The Morgan fingerprint density at radius 2 is 1.91 bits per heavy atom. The molecule has 1 fully saturated rings. The minimum Gasteiger partial charge on any atom is -0.497 e. The van der Waals surface area contributed by atoms with Crippen LogP contribution >= 0.6 is 0 Å². The number of anilines is 2. The van der Waals surface area contributed by atoms with Crippen molar-refractivity contribution in [1.82, 2.24) is 5.32 Å². The number of urea groups is 1. The Kier molecular flexibility index (Phi) is 6.21. The van der Waals surface area contributed by atoms with Crippen LogP contribution in [0.4, 0.5) is 16.2 Å². The highest BCUT2D eigenvalue weighted by atomic mass is 16.5. The maximum Gasteiger partial charge on any atom is 0.329 e. The number of carbonyl (C=O) groups excluding carboxylic acids is 2. The molecule has 1 saturated carbocycles. The van der Waals surface area contributed by atoms with Crippen LogP contribution < -0.4 is 25.0 Å². The fourth-order valence-electron chi connectivity index (χ4n) is 4.87. The highest BCUT2D eigenvalue weighted by Crippen LogP contribution is 2.44. The van der Waals surface area contributed by atoms with Crippen LogP contribution in [0.5, 0.6) is 11.5 Å². The zero-order valence-corrected chi connectivity index (χ0v) is 19.4. The lowest BCUT2D eigenvalue weighted by atomic mass is 9.78. The Balaban J connectivity index is 1.82. The number of nitrogens with one attached hydrogen (secondary N) is 2. The molecule has 33 heavy (non-hydrogen) atoms.